The average molecular weight is 367 g/mol. The predicted octanol–water partition coefficient (Wildman–Crippen LogP) is 3.34. The number of anilines is 1. The highest BCUT2D eigenvalue weighted by Gasteiger charge is 2.23. The lowest BCUT2D eigenvalue weighted by Crippen LogP contribution is -2.29. The molecule has 140 valence electrons. The number of ether oxygens (including phenoxy) is 1. The highest BCUT2D eigenvalue weighted by Crippen LogP contribution is 2.27. The summed E-state index contributed by atoms with van der Waals surface area (Å²) in [6.45, 7) is 2.86. The van der Waals surface area contributed by atoms with Crippen molar-refractivity contribution in [3.05, 3.63) is 60.0 Å². The third-order valence-electron chi connectivity index (χ3n) is 4.53. The second-order valence-corrected chi connectivity index (χ2v) is 6.40. The van der Waals surface area contributed by atoms with Crippen LogP contribution in [0.4, 0.5) is 10.5 Å². The fourth-order valence-corrected chi connectivity index (χ4v) is 3.10. The van der Waals surface area contributed by atoms with Gasteiger partial charge in [-0.05, 0) is 49.6 Å². The van der Waals surface area contributed by atoms with Gasteiger partial charge in [0.15, 0.2) is 5.82 Å². The monoisotopic (exact) mass is 367 g/mol. The number of carbonyl (C=O) groups is 1. The molecule has 2 amide bonds. The van der Waals surface area contributed by atoms with Crippen molar-refractivity contribution >= 4 is 11.7 Å². The molecular weight excluding hydrogens is 346 g/mol. The maximum atomic E-state index is 12.3. The van der Waals surface area contributed by atoms with E-state index in [1.165, 1.54) is 0 Å². The Morgan fingerprint density at radius 3 is 2.93 bits per heavy atom. The summed E-state index contributed by atoms with van der Waals surface area (Å²) in [5.74, 6) is 0.897. The lowest BCUT2D eigenvalue weighted by atomic mass is 10.1. The topological polar surface area (TPSA) is 94.2 Å². The first kappa shape index (κ1) is 17.3. The Bertz CT molecular complexity index is 913. The molecule has 8 heteroatoms. The summed E-state index contributed by atoms with van der Waals surface area (Å²) in [7, 11) is 0. The molecule has 2 aromatic heterocycles. The molecule has 0 unspecified atom stereocenters. The molecule has 1 fully saturated rings. The van der Waals surface area contributed by atoms with Gasteiger partial charge in [0, 0.05) is 30.4 Å². The van der Waals surface area contributed by atoms with E-state index >= 15 is 0 Å². The number of benzene rings is 1. The third-order valence-corrected chi connectivity index (χ3v) is 4.53. The minimum atomic E-state index is -0.328. The van der Waals surface area contributed by atoms with Gasteiger partial charge in [-0.2, -0.15) is 4.98 Å². The quantitative estimate of drug-likeness (QED) is 0.721. The number of rotatable bonds is 5. The molecule has 3 aromatic rings. The van der Waals surface area contributed by atoms with E-state index in [9.17, 15) is 4.79 Å². The van der Waals surface area contributed by atoms with Gasteiger partial charge in [0.2, 0.25) is 0 Å². The van der Waals surface area contributed by atoms with Crippen LogP contribution in [-0.2, 0) is 11.3 Å². The lowest BCUT2D eigenvalue weighted by molar-refractivity contribution is 0.0835. The molecule has 4 rings (SSSR count). The molecule has 3 heterocycles. The van der Waals surface area contributed by atoms with Crippen LogP contribution in [0.5, 0.6) is 0 Å². The maximum absolute atomic E-state index is 12.3. The highest BCUT2D eigenvalue weighted by molar-refractivity contribution is 5.90. The average Bonchev–Trinajstić information content (AvgIpc) is 3.42. The first-order valence-electron chi connectivity index (χ1n) is 8.92. The fraction of sp³-hybridized carbons (Fsp3) is 0.316. The van der Waals surface area contributed by atoms with Crippen LogP contribution in [0.3, 0.4) is 0 Å². The predicted molar refractivity (Wildman–Crippen MR) is 98.6 cm³/mol. The maximum Gasteiger partial charge on any atom is 0.319 e. The first-order chi connectivity index (χ1) is 13.2. The summed E-state index contributed by atoms with van der Waals surface area (Å²) >= 11 is 0. The van der Waals surface area contributed by atoms with Crippen LogP contribution in [0.2, 0.25) is 0 Å². The SMILES string of the molecule is Cc1c(NC(=O)NCc2noc([C@H]3CCCO3)n2)cccc1-n1cccc1. The molecule has 1 aliphatic rings. The summed E-state index contributed by atoms with van der Waals surface area (Å²) in [6.07, 6.45) is 5.68. The normalized spacial score (nSPS) is 16.4. The van der Waals surface area contributed by atoms with E-state index in [-0.39, 0.29) is 18.7 Å². The molecule has 2 N–H and O–H groups in total. The van der Waals surface area contributed by atoms with E-state index in [1.54, 1.807) is 0 Å². The molecule has 1 aliphatic heterocycles. The molecule has 0 bridgehead atoms. The zero-order valence-electron chi connectivity index (χ0n) is 15.0. The smallest absolute Gasteiger partial charge is 0.319 e. The molecule has 8 nitrogen and oxygen atoms in total. The van der Waals surface area contributed by atoms with Crippen molar-refractivity contribution < 1.29 is 14.1 Å². The minimum Gasteiger partial charge on any atom is -0.368 e. The number of nitrogens with zero attached hydrogens (tertiary/aromatic N) is 3. The number of amides is 2. The van der Waals surface area contributed by atoms with E-state index in [0.29, 0.717) is 18.3 Å². The first-order valence-corrected chi connectivity index (χ1v) is 8.92. The van der Waals surface area contributed by atoms with Crippen molar-refractivity contribution in [3.63, 3.8) is 0 Å². The van der Waals surface area contributed by atoms with E-state index in [4.69, 9.17) is 9.26 Å². The zero-order chi connectivity index (χ0) is 18.6. The third kappa shape index (κ3) is 3.85. The van der Waals surface area contributed by atoms with Gasteiger partial charge in [-0.3, -0.25) is 0 Å². The number of aromatic nitrogens is 3. The van der Waals surface area contributed by atoms with Crippen molar-refractivity contribution in [3.8, 4) is 5.69 Å². The summed E-state index contributed by atoms with van der Waals surface area (Å²) in [5, 5.41) is 9.51. The van der Waals surface area contributed by atoms with Gasteiger partial charge in [0.05, 0.1) is 6.54 Å². The molecular formula is C19H21N5O3. The van der Waals surface area contributed by atoms with Crippen molar-refractivity contribution in [2.45, 2.75) is 32.4 Å². The Morgan fingerprint density at radius 1 is 1.30 bits per heavy atom. The standard InChI is InChI=1S/C19H21N5O3/c1-13-14(6-4-7-15(13)24-9-2-3-10-24)21-19(25)20-12-17-22-18(27-23-17)16-8-5-11-26-16/h2-4,6-7,9-10,16H,5,8,11-12H2,1H3,(H2,20,21,25)/t16-/m1/s1. The lowest BCUT2D eigenvalue weighted by Gasteiger charge is -2.13. The van der Waals surface area contributed by atoms with Gasteiger partial charge in [-0.1, -0.05) is 11.2 Å². The molecule has 27 heavy (non-hydrogen) atoms. The second kappa shape index (κ2) is 7.63. The Morgan fingerprint density at radius 2 is 2.15 bits per heavy atom. The number of hydrogen-bond donors (Lipinski definition) is 2. The van der Waals surface area contributed by atoms with E-state index in [2.05, 4.69) is 20.8 Å². The van der Waals surface area contributed by atoms with Crippen LogP contribution in [0.25, 0.3) is 5.69 Å². The van der Waals surface area contributed by atoms with Gasteiger partial charge in [0.1, 0.15) is 6.10 Å². The molecule has 1 aromatic carbocycles. The van der Waals surface area contributed by atoms with Crippen molar-refractivity contribution in [2.24, 2.45) is 0 Å². The molecule has 0 aliphatic carbocycles. The van der Waals surface area contributed by atoms with Gasteiger partial charge in [-0.25, -0.2) is 4.79 Å². The Labute approximate surface area is 156 Å². The van der Waals surface area contributed by atoms with E-state index < -0.39 is 0 Å². The van der Waals surface area contributed by atoms with Gasteiger partial charge in [-0.15, -0.1) is 0 Å². The summed E-state index contributed by atoms with van der Waals surface area (Å²) in [5.41, 5.74) is 2.73. The Kier molecular flexibility index (Phi) is 4.88. The molecule has 1 saturated heterocycles. The molecule has 0 saturated carbocycles. The van der Waals surface area contributed by atoms with Crippen molar-refractivity contribution in [1.82, 2.24) is 20.0 Å². The fourth-order valence-electron chi connectivity index (χ4n) is 3.10. The van der Waals surface area contributed by atoms with Crippen LogP contribution < -0.4 is 10.6 Å². The van der Waals surface area contributed by atoms with Crippen LogP contribution in [0.15, 0.2) is 47.2 Å². The van der Waals surface area contributed by atoms with E-state index in [0.717, 1.165) is 29.8 Å². The largest absolute Gasteiger partial charge is 0.368 e. The highest BCUT2D eigenvalue weighted by atomic mass is 16.5. The van der Waals surface area contributed by atoms with Crippen molar-refractivity contribution in [2.75, 3.05) is 11.9 Å². The second-order valence-electron chi connectivity index (χ2n) is 6.40. The zero-order valence-corrected chi connectivity index (χ0v) is 15.0. The number of hydrogen-bond acceptors (Lipinski definition) is 5. The minimum absolute atomic E-state index is 0.126. The number of nitrogens with one attached hydrogen (secondary N) is 2. The summed E-state index contributed by atoms with van der Waals surface area (Å²) < 4.78 is 12.7. The van der Waals surface area contributed by atoms with Crippen LogP contribution in [0.1, 0.15) is 36.2 Å². The van der Waals surface area contributed by atoms with Crippen LogP contribution in [0, 0.1) is 6.92 Å². The van der Waals surface area contributed by atoms with Crippen LogP contribution >= 0.6 is 0 Å². The summed E-state index contributed by atoms with van der Waals surface area (Å²) in [6, 6.07) is 9.37. The summed E-state index contributed by atoms with van der Waals surface area (Å²) in [4.78, 5) is 16.5. The van der Waals surface area contributed by atoms with Gasteiger partial charge < -0.3 is 24.5 Å². The van der Waals surface area contributed by atoms with Gasteiger partial charge in [0.25, 0.3) is 5.89 Å². The Hall–Kier alpha value is -3.13. The Balaban J connectivity index is 1.36. The van der Waals surface area contributed by atoms with Crippen LogP contribution in [-0.4, -0.2) is 27.3 Å². The number of carbonyl (C=O) groups excluding carboxylic acids is 1. The molecule has 1 atom stereocenters. The molecule has 0 radical (unpaired) electrons. The van der Waals surface area contributed by atoms with Gasteiger partial charge >= 0.3 is 6.03 Å². The van der Waals surface area contributed by atoms with E-state index in [1.807, 2.05) is 54.2 Å². The number of urea groups is 1. The van der Waals surface area contributed by atoms with Crippen molar-refractivity contribution in [1.29, 1.82) is 0 Å². The molecule has 0 spiro atoms.